The Balaban J connectivity index is 2.04. The van der Waals surface area contributed by atoms with Crippen LogP contribution in [0.3, 0.4) is 0 Å². The summed E-state index contributed by atoms with van der Waals surface area (Å²) in [6, 6.07) is 6.99. The summed E-state index contributed by atoms with van der Waals surface area (Å²) in [5, 5.41) is 11.8. The Morgan fingerprint density at radius 3 is 2.68 bits per heavy atom. The summed E-state index contributed by atoms with van der Waals surface area (Å²) >= 11 is 0. The van der Waals surface area contributed by atoms with E-state index >= 15 is 0 Å². The molecule has 1 aliphatic rings. The molecule has 0 spiro atoms. The molecule has 2 N–H and O–H groups in total. The van der Waals surface area contributed by atoms with E-state index in [1.54, 1.807) is 0 Å². The lowest BCUT2D eigenvalue weighted by atomic mass is 9.77. The van der Waals surface area contributed by atoms with Crippen LogP contribution in [-0.2, 0) is 16.0 Å². The van der Waals surface area contributed by atoms with E-state index in [1.807, 2.05) is 38.1 Å². The molecular weight excluding hydrogens is 242 g/mol. The first-order valence-electron chi connectivity index (χ1n) is 6.65. The van der Waals surface area contributed by atoms with Crippen molar-refractivity contribution < 1.29 is 14.7 Å². The molecule has 1 amide bonds. The summed E-state index contributed by atoms with van der Waals surface area (Å²) in [5.74, 6) is -1.40. The standard InChI is InChI=1S/C15H19NO3/c1-3-9(2)13(15(18)19)16-14(17)12-8-10-6-4-5-7-11(10)12/h4-7,9,12-13H,3,8H2,1-2H3,(H,16,17)(H,18,19)/t9-,12?,13-/m0/s1. The lowest BCUT2D eigenvalue weighted by Gasteiger charge is -2.31. The maximum absolute atomic E-state index is 12.1. The zero-order chi connectivity index (χ0) is 14.0. The monoisotopic (exact) mass is 261 g/mol. The van der Waals surface area contributed by atoms with Gasteiger partial charge in [0, 0.05) is 0 Å². The molecule has 1 unspecified atom stereocenters. The molecule has 4 heteroatoms. The summed E-state index contributed by atoms with van der Waals surface area (Å²) in [4.78, 5) is 23.3. The second-order valence-corrected chi connectivity index (χ2v) is 5.17. The minimum atomic E-state index is -0.963. The van der Waals surface area contributed by atoms with Gasteiger partial charge in [-0.1, -0.05) is 44.5 Å². The van der Waals surface area contributed by atoms with Gasteiger partial charge in [0.05, 0.1) is 5.92 Å². The highest BCUT2D eigenvalue weighted by Crippen LogP contribution is 2.35. The topological polar surface area (TPSA) is 66.4 Å². The lowest BCUT2D eigenvalue weighted by Crippen LogP contribution is -2.48. The molecule has 1 aliphatic carbocycles. The normalized spacial score (nSPS) is 19.8. The molecule has 0 saturated heterocycles. The van der Waals surface area contributed by atoms with E-state index in [0.29, 0.717) is 6.42 Å². The summed E-state index contributed by atoms with van der Waals surface area (Å²) in [6.45, 7) is 3.76. The smallest absolute Gasteiger partial charge is 0.326 e. The highest BCUT2D eigenvalue weighted by Gasteiger charge is 2.35. The molecule has 0 radical (unpaired) electrons. The fourth-order valence-corrected chi connectivity index (χ4v) is 2.43. The second-order valence-electron chi connectivity index (χ2n) is 5.17. The predicted molar refractivity (Wildman–Crippen MR) is 71.9 cm³/mol. The number of aliphatic carboxylic acids is 1. The maximum atomic E-state index is 12.1. The average molecular weight is 261 g/mol. The first-order chi connectivity index (χ1) is 9.04. The third-order valence-electron chi connectivity index (χ3n) is 3.95. The Kier molecular flexibility index (Phi) is 3.88. The van der Waals surface area contributed by atoms with Crippen molar-refractivity contribution in [2.45, 2.75) is 38.6 Å². The van der Waals surface area contributed by atoms with E-state index in [4.69, 9.17) is 0 Å². The minimum absolute atomic E-state index is 0.0724. The third kappa shape index (κ3) is 2.62. The number of carbonyl (C=O) groups is 2. The molecular formula is C15H19NO3. The molecule has 3 atom stereocenters. The summed E-state index contributed by atoms with van der Waals surface area (Å²) < 4.78 is 0. The second kappa shape index (κ2) is 5.43. The van der Waals surface area contributed by atoms with Gasteiger partial charge in [-0.25, -0.2) is 4.79 Å². The van der Waals surface area contributed by atoms with Crippen LogP contribution in [0.2, 0.25) is 0 Å². The Morgan fingerprint density at radius 1 is 1.42 bits per heavy atom. The van der Waals surface area contributed by atoms with Gasteiger partial charge in [-0.05, 0) is 23.5 Å². The summed E-state index contributed by atoms with van der Waals surface area (Å²) in [7, 11) is 0. The molecule has 2 rings (SSSR count). The number of hydrogen-bond acceptors (Lipinski definition) is 2. The number of fused-ring (bicyclic) bond motifs is 1. The van der Waals surface area contributed by atoms with Crippen molar-refractivity contribution in [1.29, 1.82) is 0 Å². The van der Waals surface area contributed by atoms with Gasteiger partial charge in [0.15, 0.2) is 0 Å². The van der Waals surface area contributed by atoms with Crippen LogP contribution in [0.1, 0.15) is 37.3 Å². The fraction of sp³-hybridized carbons (Fsp3) is 0.467. The van der Waals surface area contributed by atoms with E-state index in [1.165, 1.54) is 5.56 Å². The molecule has 0 saturated carbocycles. The van der Waals surface area contributed by atoms with Gasteiger partial charge in [-0.2, -0.15) is 0 Å². The van der Waals surface area contributed by atoms with Gasteiger partial charge in [0.1, 0.15) is 6.04 Å². The molecule has 0 fully saturated rings. The molecule has 0 aliphatic heterocycles. The largest absolute Gasteiger partial charge is 0.480 e. The predicted octanol–water partition coefficient (Wildman–Crippen LogP) is 1.94. The van der Waals surface area contributed by atoms with Crippen LogP contribution >= 0.6 is 0 Å². The van der Waals surface area contributed by atoms with Gasteiger partial charge in [0.25, 0.3) is 0 Å². The van der Waals surface area contributed by atoms with E-state index in [-0.39, 0.29) is 17.7 Å². The van der Waals surface area contributed by atoms with Crippen LogP contribution in [0.15, 0.2) is 24.3 Å². The highest BCUT2D eigenvalue weighted by molar-refractivity contribution is 5.90. The van der Waals surface area contributed by atoms with Crippen molar-refractivity contribution in [2.75, 3.05) is 0 Å². The van der Waals surface area contributed by atoms with Crippen molar-refractivity contribution in [3.63, 3.8) is 0 Å². The van der Waals surface area contributed by atoms with Crippen molar-refractivity contribution in [3.8, 4) is 0 Å². The number of benzene rings is 1. The maximum Gasteiger partial charge on any atom is 0.326 e. The van der Waals surface area contributed by atoms with E-state index in [0.717, 1.165) is 12.0 Å². The quantitative estimate of drug-likeness (QED) is 0.851. The van der Waals surface area contributed by atoms with E-state index in [9.17, 15) is 14.7 Å². The SMILES string of the molecule is CC[C@H](C)[C@H](NC(=O)C1Cc2ccccc21)C(=O)O. The average Bonchev–Trinajstić information content (AvgIpc) is 2.36. The Labute approximate surface area is 112 Å². The van der Waals surface area contributed by atoms with E-state index in [2.05, 4.69) is 5.32 Å². The Bertz CT molecular complexity index is 498. The van der Waals surface area contributed by atoms with Crippen LogP contribution in [0.4, 0.5) is 0 Å². The number of carboxylic acid groups (broad SMARTS) is 1. The Hall–Kier alpha value is -1.84. The van der Waals surface area contributed by atoms with Gasteiger partial charge in [0.2, 0.25) is 5.91 Å². The molecule has 1 aromatic rings. The van der Waals surface area contributed by atoms with Crippen molar-refractivity contribution in [3.05, 3.63) is 35.4 Å². The number of rotatable bonds is 5. The molecule has 0 heterocycles. The van der Waals surface area contributed by atoms with Gasteiger partial charge in [-0.15, -0.1) is 0 Å². The zero-order valence-corrected chi connectivity index (χ0v) is 11.2. The van der Waals surface area contributed by atoms with Crippen LogP contribution in [0.5, 0.6) is 0 Å². The number of hydrogen-bond donors (Lipinski definition) is 2. The number of carboxylic acids is 1. The molecule has 0 aromatic heterocycles. The van der Waals surface area contributed by atoms with Crippen molar-refractivity contribution in [1.82, 2.24) is 5.32 Å². The summed E-state index contributed by atoms with van der Waals surface area (Å²) in [6.07, 6.45) is 1.42. The first kappa shape index (κ1) is 13.6. The fourth-order valence-electron chi connectivity index (χ4n) is 2.43. The zero-order valence-electron chi connectivity index (χ0n) is 11.2. The first-order valence-corrected chi connectivity index (χ1v) is 6.65. The third-order valence-corrected chi connectivity index (χ3v) is 3.95. The van der Waals surface area contributed by atoms with Gasteiger partial charge < -0.3 is 10.4 Å². The van der Waals surface area contributed by atoms with E-state index < -0.39 is 12.0 Å². The van der Waals surface area contributed by atoms with Crippen LogP contribution in [-0.4, -0.2) is 23.0 Å². The van der Waals surface area contributed by atoms with Crippen molar-refractivity contribution in [2.24, 2.45) is 5.92 Å². The van der Waals surface area contributed by atoms with Gasteiger partial charge in [-0.3, -0.25) is 4.79 Å². The van der Waals surface area contributed by atoms with Crippen LogP contribution < -0.4 is 5.32 Å². The lowest BCUT2D eigenvalue weighted by molar-refractivity contribution is -0.143. The van der Waals surface area contributed by atoms with Crippen LogP contribution in [0, 0.1) is 5.92 Å². The highest BCUT2D eigenvalue weighted by atomic mass is 16.4. The van der Waals surface area contributed by atoms with Crippen molar-refractivity contribution >= 4 is 11.9 Å². The summed E-state index contributed by atoms with van der Waals surface area (Å²) in [5.41, 5.74) is 2.20. The van der Waals surface area contributed by atoms with Crippen LogP contribution in [0.25, 0.3) is 0 Å². The molecule has 4 nitrogen and oxygen atoms in total. The number of amides is 1. The van der Waals surface area contributed by atoms with Gasteiger partial charge >= 0.3 is 5.97 Å². The molecule has 19 heavy (non-hydrogen) atoms. The minimum Gasteiger partial charge on any atom is -0.480 e. The molecule has 1 aromatic carbocycles. The molecule has 0 bridgehead atoms. The Morgan fingerprint density at radius 2 is 2.11 bits per heavy atom. The number of carbonyl (C=O) groups excluding carboxylic acids is 1. The number of nitrogens with one attached hydrogen (secondary N) is 1. The molecule has 102 valence electrons.